The van der Waals surface area contributed by atoms with Gasteiger partial charge < -0.3 is 9.64 Å². The lowest BCUT2D eigenvalue weighted by atomic mass is 10.0. The molecule has 14 heterocycles. The number of aryl methyl sites for hydroxylation is 1. The van der Waals surface area contributed by atoms with Gasteiger partial charge in [0.2, 0.25) is 0 Å². The van der Waals surface area contributed by atoms with E-state index >= 15 is 0 Å². The number of fused-ring (bicyclic) bond motifs is 3. The number of ether oxygens (including phenoxy) is 1. The zero-order valence-electron chi connectivity index (χ0n) is 93.9. The van der Waals surface area contributed by atoms with Crippen LogP contribution in [0.4, 0.5) is 13.2 Å². The minimum absolute atomic E-state index is 0.359. The fourth-order valence-electron chi connectivity index (χ4n) is 23.3. The Labute approximate surface area is 883 Å². The Morgan fingerprint density at radius 2 is 0.680 bits per heavy atom. The summed E-state index contributed by atoms with van der Waals surface area (Å²) in [6.07, 6.45) is 30.2. The largest absolute Gasteiger partial charge is 0.376 e. The van der Waals surface area contributed by atoms with Crippen LogP contribution >= 0.6 is 0 Å². The van der Waals surface area contributed by atoms with Crippen molar-refractivity contribution in [3.8, 4) is 0 Å². The van der Waals surface area contributed by atoms with E-state index in [2.05, 4.69) is 274 Å². The average Bonchev–Trinajstić information content (AvgIpc) is 1.55. The highest BCUT2D eigenvalue weighted by Gasteiger charge is 2.71. The van der Waals surface area contributed by atoms with Gasteiger partial charge in [0.15, 0.2) is 0 Å². The summed E-state index contributed by atoms with van der Waals surface area (Å²) in [6, 6.07) is 35.2. The predicted octanol–water partition coefficient (Wildman–Crippen LogP) is 27.9. The first-order valence-electron chi connectivity index (χ1n) is 59.0. The van der Waals surface area contributed by atoms with Crippen molar-refractivity contribution in [1.29, 1.82) is 0 Å². The number of hydrogen-bond acceptors (Lipinski definition) is 17. The first kappa shape index (κ1) is 108. The molecular weight excluding hydrogens is 1820 g/mol. The van der Waals surface area contributed by atoms with Crippen LogP contribution in [-0.2, 0) is 50.6 Å². The van der Waals surface area contributed by atoms with Crippen molar-refractivity contribution in [2.24, 2.45) is 35.0 Å². The van der Waals surface area contributed by atoms with Crippen molar-refractivity contribution < 1.29 is 17.9 Å². The van der Waals surface area contributed by atoms with Crippen molar-refractivity contribution in [2.75, 3.05) is 92.7 Å². The lowest BCUT2D eigenvalue weighted by Gasteiger charge is -2.31. The number of nitrogens with zero attached hydrogens (tertiary/aromatic N) is 16. The molecular formula is C127H183F3N16O. The maximum absolute atomic E-state index is 13.3. The Morgan fingerprint density at radius 3 is 1.01 bits per heavy atom. The van der Waals surface area contributed by atoms with Crippen LogP contribution in [0.15, 0.2) is 91.0 Å². The monoisotopic (exact) mass is 2010 g/mol. The number of pyridine rings is 7. The van der Waals surface area contributed by atoms with E-state index in [1.807, 2.05) is 0 Å². The highest BCUT2D eigenvalue weighted by Crippen LogP contribution is 2.60. The van der Waals surface area contributed by atoms with Gasteiger partial charge in [-0.2, -0.15) is 0 Å². The number of rotatable bonds is 30. The molecule has 8 atom stereocenters. The van der Waals surface area contributed by atoms with Gasteiger partial charge in [-0.05, 0) is 389 Å². The zero-order chi connectivity index (χ0) is 103. The Hall–Kier alpha value is -7.40. The van der Waals surface area contributed by atoms with Crippen molar-refractivity contribution in [1.82, 2.24) is 79.2 Å². The van der Waals surface area contributed by atoms with Gasteiger partial charge in [-0.15, -0.1) is 0 Å². The molecule has 18 aliphatic rings. The molecule has 8 unspecified atom stereocenters. The van der Waals surface area contributed by atoms with Gasteiger partial charge in [0.05, 0.1) is 18.4 Å². The van der Waals surface area contributed by atoms with Crippen LogP contribution in [0, 0.1) is 41.9 Å². The molecule has 0 aromatic carbocycles. The molecule has 26 rings (SSSR count). The third-order valence-corrected chi connectivity index (χ3v) is 34.4. The molecule has 20 heteroatoms. The van der Waals surface area contributed by atoms with Crippen LogP contribution in [-0.4, -0.2) is 196 Å². The van der Waals surface area contributed by atoms with E-state index in [-0.39, 0.29) is 11.8 Å². The maximum Gasteiger partial charge on any atom is 0.257 e. The van der Waals surface area contributed by atoms with Gasteiger partial charge in [-0.25, -0.2) is 23.1 Å². The number of hydrogen-bond donors (Lipinski definition) is 0. The number of alkyl halides is 3. The maximum atomic E-state index is 13.3. The van der Waals surface area contributed by atoms with E-state index in [0.29, 0.717) is 97.3 Å². The highest BCUT2D eigenvalue weighted by atomic mass is 19.3. The lowest BCUT2D eigenvalue weighted by Crippen LogP contribution is -2.40. The summed E-state index contributed by atoms with van der Waals surface area (Å²) in [4.78, 5) is 60.2. The number of aromatic nitrogens is 9. The summed E-state index contributed by atoms with van der Waals surface area (Å²) < 4.78 is 45.4. The van der Waals surface area contributed by atoms with Crippen LogP contribution in [0.1, 0.15) is 496 Å². The molecule has 17 nitrogen and oxygen atoms in total. The molecule has 12 aliphatic carbocycles. The Balaban J connectivity index is 0.000000106. The summed E-state index contributed by atoms with van der Waals surface area (Å²) in [5.41, 5.74) is 30.9. The van der Waals surface area contributed by atoms with Crippen LogP contribution in [0.25, 0.3) is 0 Å². The molecule has 8 aromatic heterocycles. The third kappa shape index (κ3) is 30.6. The fourth-order valence-corrected chi connectivity index (χ4v) is 23.3. The van der Waals surface area contributed by atoms with E-state index in [0.717, 1.165) is 148 Å². The SMILES string of the molecule is CC(C)c1cc(CN(C)C)nc(C2CC2)n1.CC(C)c1cc(CN2CC3C(C2)C3(F)F)cc(C2CC2)n1.CC(C)c1cc(CN2CC3CC3C2)cc(C2CC2)n1.CC(C)c1cc(CN2CCC(F)C2)cc(C2CC2)n1.CC(C)c1cc(CN2CCC3(CC3)C2)cc(C2CC2)n1.CC(C)c1cc(CN2CCC3CC32)cc(C2CC2)n1.CC1CN(Cc2cc(C(C)C)nc(C3CC3)c2)CCO1.Cc1cc(C(C)C)nc(C2CC2)c1. The van der Waals surface area contributed by atoms with Crippen molar-refractivity contribution in [3.05, 3.63) is 227 Å². The molecule has 6 aliphatic heterocycles. The quantitative estimate of drug-likeness (QED) is 0.0420. The van der Waals surface area contributed by atoms with Gasteiger partial charge in [0, 0.05) is 255 Å². The van der Waals surface area contributed by atoms with Crippen LogP contribution < -0.4 is 0 Å². The smallest absolute Gasteiger partial charge is 0.257 e. The minimum atomic E-state index is -2.38. The zero-order valence-corrected chi connectivity index (χ0v) is 93.9. The Morgan fingerprint density at radius 1 is 0.333 bits per heavy atom. The van der Waals surface area contributed by atoms with Gasteiger partial charge in [-0.1, -0.05) is 111 Å². The van der Waals surface area contributed by atoms with Gasteiger partial charge >= 0.3 is 0 Å². The first-order valence-corrected chi connectivity index (χ1v) is 59.0. The second kappa shape index (κ2) is 46.9. The van der Waals surface area contributed by atoms with E-state index in [4.69, 9.17) is 39.6 Å². The molecule has 0 amide bonds. The van der Waals surface area contributed by atoms with Gasteiger partial charge in [0.25, 0.3) is 5.92 Å². The predicted molar refractivity (Wildman–Crippen MR) is 590 cm³/mol. The lowest BCUT2D eigenvalue weighted by molar-refractivity contribution is -0.0212. The molecule has 0 radical (unpaired) electrons. The molecule has 0 N–H and O–H groups in total. The summed E-state index contributed by atoms with van der Waals surface area (Å²) in [6.45, 7) is 59.1. The molecule has 798 valence electrons. The van der Waals surface area contributed by atoms with Crippen molar-refractivity contribution in [2.45, 2.75) is 437 Å². The Kier molecular flexibility index (Phi) is 34.4. The molecule has 18 fully saturated rings. The second-order valence-electron chi connectivity index (χ2n) is 52.1. The topological polar surface area (TPSA) is 148 Å². The minimum Gasteiger partial charge on any atom is -0.376 e. The average molecular weight is 2010 g/mol. The van der Waals surface area contributed by atoms with E-state index in [9.17, 15) is 13.2 Å². The number of halogens is 3. The molecule has 6 saturated heterocycles. The highest BCUT2D eigenvalue weighted by molar-refractivity contribution is 5.36. The number of morpholine rings is 1. The molecule has 147 heavy (non-hydrogen) atoms. The number of likely N-dealkylation sites (tertiary alicyclic amines) is 5. The second-order valence-corrected chi connectivity index (χ2v) is 52.1. The normalized spacial score (nSPS) is 25.1. The van der Waals surface area contributed by atoms with Crippen molar-refractivity contribution in [3.63, 3.8) is 0 Å². The van der Waals surface area contributed by atoms with Crippen LogP contribution in [0.5, 0.6) is 0 Å². The summed E-state index contributed by atoms with van der Waals surface area (Å²) in [5.74, 6) is 10.9. The fraction of sp³-hybridized carbons (Fsp3) is 0.693. The third-order valence-electron chi connectivity index (χ3n) is 34.4. The summed E-state index contributed by atoms with van der Waals surface area (Å²) in [5, 5.41) is 0. The standard InChI is InChI=1S/C18H26N2.C17H22F2N2.C17H26N2O.2C17H24N2.C16H23FN2.C13H21N3.C12H17N/c1-13(2)16-9-14(10-17(19-16)15-3-4-15)11-20-8-7-18(12-20)5-6-18;1-10(2)15-5-11(6-16(20-15)12-3-4-12)7-21-8-13-14(9-21)17(13,18)19;1-12(2)16-8-14(9-17(18-16)15-4-5-15)11-19-6-7-20-13(3)10-19;1-11(2)16-5-12(6-17(18-16)13-3-4-13)8-19-9-14-7-15(14)10-19;1-11(2)15-7-12(8-16(18-15)13-3-4-13)10-19-6-5-14-9-17(14)19;1-11(2)15-7-12(8-16(18-15)13-3-4-13)9-19-6-5-14(17)10-19;1-9(2)12-7-11(8-16(3)4)14-13(15-12)10-5-6-10;1-8(2)11-6-9(3)7-12(13-11)10-4-5-10/h9-10,13,15H,3-8,11-12H2,1-2H3;5-6,10,12-14H,3-4,7-9H2,1-2H3;8-9,12-13,15H,4-7,10-11H2,1-3H3;5-6,11,13-15H,3-4,7-10H2,1-2H3;7-8,11,13-14,17H,3-6,9-10H2,1-2H3;7-8,11,13-14H,3-6,9-10H2,1-2H3;7,9-10H,5-6,8H2,1-4H3;6-8,10H,4-5H2,1-3H3. The first-order chi connectivity index (χ1) is 70.4. The van der Waals surface area contributed by atoms with E-state index in [1.165, 1.54) is 293 Å². The molecule has 0 bridgehead atoms. The van der Waals surface area contributed by atoms with E-state index in [1.54, 1.807) is 0 Å². The summed E-state index contributed by atoms with van der Waals surface area (Å²) in [7, 11) is 4.15. The van der Waals surface area contributed by atoms with Gasteiger partial charge in [0.1, 0.15) is 12.0 Å². The molecule has 1 spiro atoms. The van der Waals surface area contributed by atoms with Crippen molar-refractivity contribution >= 4 is 0 Å². The Bertz CT molecular complexity index is 5410. The van der Waals surface area contributed by atoms with Crippen LogP contribution in [0.2, 0.25) is 0 Å². The molecule has 12 saturated carbocycles. The summed E-state index contributed by atoms with van der Waals surface area (Å²) >= 11 is 0. The van der Waals surface area contributed by atoms with Crippen LogP contribution in [0.3, 0.4) is 0 Å². The molecule has 8 aromatic rings. The van der Waals surface area contributed by atoms with Gasteiger partial charge in [-0.3, -0.25) is 64.3 Å². The van der Waals surface area contributed by atoms with E-state index < -0.39 is 12.1 Å². The number of piperidine rings is 3.